The minimum atomic E-state index is -1.48. The first-order valence-electron chi connectivity index (χ1n) is 10.9. The molecule has 0 amide bonds. The second kappa shape index (κ2) is 11.0. The lowest BCUT2D eigenvalue weighted by atomic mass is 9.84. The molecule has 15 nitrogen and oxygen atoms in total. The van der Waals surface area contributed by atoms with Gasteiger partial charge in [0.15, 0.2) is 12.6 Å². The molecule has 2 aliphatic heterocycles. The fourth-order valence-electron chi connectivity index (χ4n) is 4.45. The van der Waals surface area contributed by atoms with Crippen LogP contribution in [0.25, 0.3) is 0 Å². The van der Waals surface area contributed by atoms with Crippen molar-refractivity contribution >= 4 is 0 Å². The van der Waals surface area contributed by atoms with Crippen molar-refractivity contribution in [3.8, 4) is 0 Å². The van der Waals surface area contributed by atoms with Crippen LogP contribution in [0.5, 0.6) is 0 Å². The number of nitrogens with two attached hydrogens (primary N) is 5. The molecule has 194 valence electrons. The summed E-state index contributed by atoms with van der Waals surface area (Å²) in [6.07, 6.45) is -13.9. The maximum Gasteiger partial charge on any atom is 0.186 e. The predicted molar refractivity (Wildman–Crippen MR) is 110 cm³/mol. The molecule has 15 atom stereocenters. The SMILES string of the molecule is NC[C@H]1O[C@H](OC2C(O)C(O[C@H]3OC(CO)[C@@H](O)[C@H](N)C3O)[C@H](N)C[C@@H]2N)C(N)C(O)C1O. The van der Waals surface area contributed by atoms with E-state index in [0.717, 1.165) is 0 Å². The molecule has 3 rings (SSSR count). The molecule has 0 bridgehead atoms. The Labute approximate surface area is 190 Å². The van der Waals surface area contributed by atoms with Gasteiger partial charge >= 0.3 is 0 Å². The van der Waals surface area contributed by atoms with Gasteiger partial charge in [-0.05, 0) is 6.42 Å². The molecular formula is C18H37N5O10. The Kier molecular flexibility index (Phi) is 8.99. The fraction of sp³-hybridized carbons (Fsp3) is 1.00. The van der Waals surface area contributed by atoms with Gasteiger partial charge < -0.3 is 78.3 Å². The summed E-state index contributed by atoms with van der Waals surface area (Å²) in [6, 6.07) is -3.92. The quantitative estimate of drug-likeness (QED) is 0.167. The number of ether oxygens (including phenoxy) is 4. The van der Waals surface area contributed by atoms with Crippen LogP contribution in [0.4, 0.5) is 0 Å². The van der Waals surface area contributed by atoms with Crippen molar-refractivity contribution < 1.29 is 49.6 Å². The second-order valence-corrected chi connectivity index (χ2v) is 8.88. The third-order valence-electron chi connectivity index (χ3n) is 6.56. The normalized spacial score (nSPS) is 53.7. The largest absolute Gasteiger partial charge is 0.394 e. The lowest BCUT2D eigenvalue weighted by Gasteiger charge is -2.48. The summed E-state index contributed by atoms with van der Waals surface area (Å²) in [5.41, 5.74) is 29.6. The minimum Gasteiger partial charge on any atom is -0.394 e. The van der Waals surface area contributed by atoms with Gasteiger partial charge in [-0.25, -0.2) is 0 Å². The van der Waals surface area contributed by atoms with E-state index in [4.69, 9.17) is 47.6 Å². The van der Waals surface area contributed by atoms with Crippen LogP contribution in [0.3, 0.4) is 0 Å². The third kappa shape index (κ3) is 5.32. The van der Waals surface area contributed by atoms with Gasteiger partial charge in [-0.1, -0.05) is 0 Å². The molecule has 0 aromatic rings. The van der Waals surface area contributed by atoms with E-state index in [1.807, 2.05) is 0 Å². The van der Waals surface area contributed by atoms with Gasteiger partial charge in [0.1, 0.15) is 54.9 Å². The van der Waals surface area contributed by atoms with Crippen LogP contribution in [-0.4, -0.2) is 135 Å². The third-order valence-corrected chi connectivity index (χ3v) is 6.56. The summed E-state index contributed by atoms with van der Waals surface area (Å²) in [4.78, 5) is 0. The Morgan fingerprint density at radius 1 is 0.667 bits per heavy atom. The van der Waals surface area contributed by atoms with Crippen molar-refractivity contribution in [2.45, 2.75) is 98.1 Å². The molecule has 33 heavy (non-hydrogen) atoms. The van der Waals surface area contributed by atoms with Gasteiger partial charge in [-0.15, -0.1) is 0 Å². The van der Waals surface area contributed by atoms with Gasteiger partial charge in [0.2, 0.25) is 0 Å². The highest BCUT2D eigenvalue weighted by molar-refractivity contribution is 5.01. The summed E-state index contributed by atoms with van der Waals surface area (Å²) in [5, 5.41) is 60.9. The van der Waals surface area contributed by atoms with Gasteiger partial charge in [-0.3, -0.25) is 0 Å². The average molecular weight is 484 g/mol. The van der Waals surface area contributed by atoms with Crippen molar-refractivity contribution in [1.82, 2.24) is 0 Å². The monoisotopic (exact) mass is 483 g/mol. The van der Waals surface area contributed by atoms with Gasteiger partial charge in [0.05, 0.1) is 18.7 Å². The number of rotatable bonds is 6. The Morgan fingerprint density at radius 3 is 1.76 bits per heavy atom. The van der Waals surface area contributed by atoms with Crippen molar-refractivity contribution in [3.05, 3.63) is 0 Å². The Hall–Kier alpha value is -0.600. The molecule has 15 heteroatoms. The molecule has 1 aliphatic carbocycles. The minimum absolute atomic E-state index is 0.115. The summed E-state index contributed by atoms with van der Waals surface area (Å²) in [7, 11) is 0. The van der Waals surface area contributed by atoms with Gasteiger partial charge in [-0.2, -0.15) is 0 Å². The van der Waals surface area contributed by atoms with Crippen LogP contribution in [-0.2, 0) is 18.9 Å². The molecule has 0 aromatic carbocycles. The van der Waals surface area contributed by atoms with E-state index in [-0.39, 0.29) is 13.0 Å². The fourth-order valence-corrected chi connectivity index (χ4v) is 4.45. The van der Waals surface area contributed by atoms with E-state index in [9.17, 15) is 30.6 Å². The first-order valence-corrected chi connectivity index (χ1v) is 10.9. The lowest BCUT2D eigenvalue weighted by Crippen LogP contribution is -2.69. The Morgan fingerprint density at radius 2 is 1.21 bits per heavy atom. The lowest BCUT2D eigenvalue weighted by molar-refractivity contribution is -0.318. The summed E-state index contributed by atoms with van der Waals surface area (Å²) >= 11 is 0. The molecule has 16 N–H and O–H groups in total. The molecule has 3 fully saturated rings. The van der Waals surface area contributed by atoms with Crippen LogP contribution in [0, 0.1) is 0 Å². The van der Waals surface area contributed by atoms with Crippen LogP contribution in [0.2, 0.25) is 0 Å². The second-order valence-electron chi connectivity index (χ2n) is 8.88. The molecule has 3 aliphatic rings. The van der Waals surface area contributed by atoms with E-state index >= 15 is 0 Å². The highest BCUT2D eigenvalue weighted by Gasteiger charge is 2.51. The van der Waals surface area contributed by atoms with E-state index in [0.29, 0.717) is 0 Å². The van der Waals surface area contributed by atoms with Crippen molar-refractivity contribution in [2.24, 2.45) is 28.7 Å². The topological polar surface area (TPSA) is 288 Å². The predicted octanol–water partition coefficient (Wildman–Crippen LogP) is -7.33. The zero-order valence-corrected chi connectivity index (χ0v) is 18.0. The first-order chi connectivity index (χ1) is 15.5. The Balaban J connectivity index is 1.72. The summed E-state index contributed by atoms with van der Waals surface area (Å²) in [5.74, 6) is 0. The zero-order valence-electron chi connectivity index (χ0n) is 18.0. The molecule has 0 radical (unpaired) electrons. The van der Waals surface area contributed by atoms with Gasteiger partial charge in [0, 0.05) is 18.6 Å². The molecule has 2 heterocycles. The maximum atomic E-state index is 11.0. The number of hydrogen-bond donors (Lipinski definition) is 11. The van der Waals surface area contributed by atoms with Gasteiger partial charge in [0.25, 0.3) is 0 Å². The molecule has 8 unspecified atom stereocenters. The zero-order chi connectivity index (χ0) is 24.6. The number of aliphatic hydroxyl groups excluding tert-OH is 6. The molecule has 1 saturated carbocycles. The van der Waals surface area contributed by atoms with E-state index in [1.54, 1.807) is 0 Å². The summed E-state index contributed by atoms with van der Waals surface area (Å²) < 4.78 is 22.5. The number of hydrogen-bond acceptors (Lipinski definition) is 15. The highest BCUT2D eigenvalue weighted by Crippen LogP contribution is 2.30. The van der Waals surface area contributed by atoms with E-state index in [1.165, 1.54) is 0 Å². The standard InChI is InChI=1S/C18H37N5O10/c19-2-6-11(26)12(27)9(23)17(30-6)32-15-4(20)1-5(21)16(14(15)29)33-18-13(28)8(22)10(25)7(3-24)31-18/h4-18,24-29H,1-3,19-23H2/t4-,5+,6+,7?,8-,9?,10+,11?,12?,13?,14?,15?,16?,17+,18+/m0/s1. The molecule has 2 saturated heterocycles. The maximum absolute atomic E-state index is 11.0. The average Bonchev–Trinajstić information content (AvgIpc) is 2.79. The van der Waals surface area contributed by atoms with E-state index in [2.05, 4.69) is 0 Å². The van der Waals surface area contributed by atoms with Crippen LogP contribution in [0.1, 0.15) is 6.42 Å². The van der Waals surface area contributed by atoms with Crippen molar-refractivity contribution in [3.63, 3.8) is 0 Å². The van der Waals surface area contributed by atoms with Crippen LogP contribution < -0.4 is 28.7 Å². The number of aliphatic hydroxyl groups is 6. The molecule has 0 aromatic heterocycles. The van der Waals surface area contributed by atoms with Crippen molar-refractivity contribution in [1.29, 1.82) is 0 Å². The Bertz CT molecular complexity index is 585. The smallest absolute Gasteiger partial charge is 0.186 e. The van der Waals surface area contributed by atoms with Crippen LogP contribution in [0.15, 0.2) is 0 Å². The van der Waals surface area contributed by atoms with Crippen molar-refractivity contribution in [2.75, 3.05) is 13.2 Å². The molecular weight excluding hydrogens is 446 g/mol. The van der Waals surface area contributed by atoms with Crippen LogP contribution >= 0.6 is 0 Å². The first kappa shape index (κ1) is 27.0. The summed E-state index contributed by atoms with van der Waals surface area (Å²) in [6.45, 7) is -0.694. The molecule has 0 spiro atoms. The van der Waals surface area contributed by atoms with E-state index < -0.39 is 98.3 Å². The highest BCUT2D eigenvalue weighted by atomic mass is 16.7.